The summed E-state index contributed by atoms with van der Waals surface area (Å²) in [7, 11) is -3.39. The van der Waals surface area contributed by atoms with Gasteiger partial charge in [0.05, 0.1) is 4.90 Å². The number of rotatable bonds is 4. The highest BCUT2D eigenvalue weighted by Gasteiger charge is 2.29. The van der Waals surface area contributed by atoms with Crippen LogP contribution in [0.3, 0.4) is 0 Å². The van der Waals surface area contributed by atoms with Gasteiger partial charge >= 0.3 is 0 Å². The van der Waals surface area contributed by atoms with Crippen molar-refractivity contribution >= 4 is 10.0 Å². The van der Waals surface area contributed by atoms with Crippen LogP contribution in [0.15, 0.2) is 29.7 Å². The van der Waals surface area contributed by atoms with E-state index in [9.17, 15) is 8.42 Å². The largest absolute Gasteiger partial charge is 0.297 e. The van der Waals surface area contributed by atoms with Gasteiger partial charge in [-0.15, -0.1) is 6.58 Å². The standard InChI is InChI=1S/C16H24N2O2S/c1-5-6-17-7-9-18(10-8-17)21(19,20)16-12-14(3)13(2)11-15(16)4/h5,11-12H,1,6-10H2,2-4H3. The Kier molecular flexibility index (Phi) is 4.86. The normalized spacial score (nSPS) is 17.9. The monoisotopic (exact) mass is 308 g/mol. The number of hydrogen-bond acceptors (Lipinski definition) is 3. The molecule has 1 aromatic carbocycles. The highest BCUT2D eigenvalue weighted by Crippen LogP contribution is 2.24. The number of piperazine rings is 1. The first-order valence-electron chi connectivity index (χ1n) is 7.27. The van der Waals surface area contributed by atoms with Crippen LogP contribution >= 0.6 is 0 Å². The van der Waals surface area contributed by atoms with E-state index in [1.807, 2.05) is 32.9 Å². The topological polar surface area (TPSA) is 40.6 Å². The summed E-state index contributed by atoms with van der Waals surface area (Å²) in [5, 5.41) is 0. The van der Waals surface area contributed by atoms with Gasteiger partial charge in [-0.1, -0.05) is 12.1 Å². The molecule has 0 atom stereocenters. The van der Waals surface area contributed by atoms with Gasteiger partial charge in [-0.3, -0.25) is 4.90 Å². The molecule has 1 fully saturated rings. The minimum absolute atomic E-state index is 0.447. The van der Waals surface area contributed by atoms with Crippen molar-refractivity contribution in [2.75, 3.05) is 32.7 Å². The summed E-state index contributed by atoms with van der Waals surface area (Å²) < 4.78 is 27.2. The third-order valence-corrected chi connectivity index (χ3v) is 6.17. The van der Waals surface area contributed by atoms with E-state index in [2.05, 4.69) is 11.5 Å². The van der Waals surface area contributed by atoms with E-state index in [4.69, 9.17) is 0 Å². The number of nitrogens with zero attached hydrogens (tertiary/aromatic N) is 2. The predicted octanol–water partition coefficient (Wildman–Crippen LogP) is 2.10. The number of benzene rings is 1. The first kappa shape index (κ1) is 16.2. The fourth-order valence-electron chi connectivity index (χ4n) is 2.69. The third-order valence-electron chi connectivity index (χ3n) is 4.13. The zero-order valence-corrected chi connectivity index (χ0v) is 13.9. The summed E-state index contributed by atoms with van der Waals surface area (Å²) in [5.74, 6) is 0. The van der Waals surface area contributed by atoms with Crippen molar-refractivity contribution in [3.63, 3.8) is 0 Å². The van der Waals surface area contributed by atoms with Crippen molar-refractivity contribution in [1.82, 2.24) is 9.21 Å². The molecule has 1 heterocycles. The molecule has 0 radical (unpaired) electrons. The van der Waals surface area contributed by atoms with Crippen LogP contribution in [0.5, 0.6) is 0 Å². The van der Waals surface area contributed by atoms with Crippen LogP contribution in [0, 0.1) is 20.8 Å². The van der Waals surface area contributed by atoms with Gasteiger partial charge in [0.15, 0.2) is 0 Å². The lowest BCUT2D eigenvalue weighted by atomic mass is 10.1. The van der Waals surface area contributed by atoms with Gasteiger partial charge in [0, 0.05) is 32.7 Å². The van der Waals surface area contributed by atoms with Gasteiger partial charge in [-0.25, -0.2) is 8.42 Å². The van der Waals surface area contributed by atoms with Crippen LogP contribution in [0.1, 0.15) is 16.7 Å². The molecular weight excluding hydrogens is 284 g/mol. The van der Waals surface area contributed by atoms with E-state index < -0.39 is 10.0 Å². The first-order valence-corrected chi connectivity index (χ1v) is 8.71. The minimum atomic E-state index is -3.39. The second kappa shape index (κ2) is 6.30. The Balaban J connectivity index is 2.24. The molecule has 0 amide bonds. The van der Waals surface area contributed by atoms with Crippen LogP contribution in [0.25, 0.3) is 0 Å². The summed E-state index contributed by atoms with van der Waals surface area (Å²) in [6, 6.07) is 3.76. The fourth-order valence-corrected chi connectivity index (χ4v) is 4.40. The fraction of sp³-hybridized carbons (Fsp3) is 0.500. The molecule has 0 spiro atoms. The van der Waals surface area contributed by atoms with Crippen LogP contribution in [0.2, 0.25) is 0 Å². The summed E-state index contributed by atoms with van der Waals surface area (Å²) >= 11 is 0. The maximum absolute atomic E-state index is 12.8. The maximum atomic E-state index is 12.8. The van der Waals surface area contributed by atoms with Crippen molar-refractivity contribution in [2.24, 2.45) is 0 Å². The smallest absolute Gasteiger partial charge is 0.243 e. The Morgan fingerprint density at radius 2 is 1.62 bits per heavy atom. The lowest BCUT2D eigenvalue weighted by Gasteiger charge is -2.33. The molecule has 0 saturated carbocycles. The Hall–Kier alpha value is -1.17. The van der Waals surface area contributed by atoms with E-state index in [1.54, 1.807) is 10.4 Å². The third kappa shape index (κ3) is 3.36. The molecule has 1 aliphatic heterocycles. The Morgan fingerprint density at radius 3 is 2.19 bits per heavy atom. The summed E-state index contributed by atoms with van der Waals surface area (Å²) in [5.41, 5.74) is 2.97. The van der Waals surface area contributed by atoms with Crippen molar-refractivity contribution in [2.45, 2.75) is 25.7 Å². The molecule has 116 valence electrons. The van der Waals surface area contributed by atoms with Gasteiger partial charge < -0.3 is 0 Å². The van der Waals surface area contributed by atoms with Gasteiger partial charge in [0.25, 0.3) is 0 Å². The van der Waals surface area contributed by atoms with E-state index in [-0.39, 0.29) is 0 Å². The number of aryl methyl sites for hydroxylation is 3. The van der Waals surface area contributed by atoms with E-state index in [0.717, 1.165) is 36.3 Å². The molecular formula is C16H24N2O2S. The highest BCUT2D eigenvalue weighted by atomic mass is 32.2. The molecule has 0 aromatic heterocycles. The van der Waals surface area contributed by atoms with Crippen molar-refractivity contribution < 1.29 is 8.42 Å². The van der Waals surface area contributed by atoms with E-state index in [1.165, 1.54) is 0 Å². The molecule has 0 bridgehead atoms. The van der Waals surface area contributed by atoms with Gasteiger partial charge in [0.1, 0.15) is 0 Å². The molecule has 2 rings (SSSR count). The van der Waals surface area contributed by atoms with Crippen molar-refractivity contribution in [3.8, 4) is 0 Å². The Morgan fingerprint density at radius 1 is 1.05 bits per heavy atom. The van der Waals surface area contributed by atoms with Crippen LogP contribution in [-0.4, -0.2) is 50.3 Å². The minimum Gasteiger partial charge on any atom is -0.297 e. The first-order chi connectivity index (χ1) is 9.86. The Bertz CT molecular complexity index is 630. The van der Waals surface area contributed by atoms with Crippen LogP contribution in [-0.2, 0) is 10.0 Å². The van der Waals surface area contributed by atoms with E-state index >= 15 is 0 Å². The summed E-state index contributed by atoms with van der Waals surface area (Å²) in [6.45, 7) is 13.0. The SMILES string of the molecule is C=CCN1CCN(S(=O)(=O)c2cc(C)c(C)cc2C)CC1. The van der Waals surface area contributed by atoms with Crippen molar-refractivity contribution in [1.29, 1.82) is 0 Å². The molecule has 1 saturated heterocycles. The van der Waals surface area contributed by atoms with E-state index in [0.29, 0.717) is 18.0 Å². The number of sulfonamides is 1. The molecule has 4 nitrogen and oxygen atoms in total. The molecule has 5 heteroatoms. The van der Waals surface area contributed by atoms with Crippen LogP contribution < -0.4 is 0 Å². The average Bonchev–Trinajstić information content (AvgIpc) is 2.43. The molecule has 0 N–H and O–H groups in total. The predicted molar refractivity (Wildman–Crippen MR) is 86.0 cm³/mol. The van der Waals surface area contributed by atoms with Gasteiger partial charge in [-0.05, 0) is 43.5 Å². The molecule has 0 unspecified atom stereocenters. The second-order valence-electron chi connectivity index (χ2n) is 5.70. The average molecular weight is 308 g/mol. The summed E-state index contributed by atoms with van der Waals surface area (Å²) in [4.78, 5) is 2.66. The maximum Gasteiger partial charge on any atom is 0.243 e. The van der Waals surface area contributed by atoms with Crippen molar-refractivity contribution in [3.05, 3.63) is 41.5 Å². The van der Waals surface area contributed by atoms with Crippen LogP contribution in [0.4, 0.5) is 0 Å². The Labute approximate surface area is 128 Å². The van der Waals surface area contributed by atoms with Gasteiger partial charge in [-0.2, -0.15) is 4.31 Å². The lowest BCUT2D eigenvalue weighted by molar-refractivity contribution is 0.204. The second-order valence-corrected chi connectivity index (χ2v) is 7.60. The lowest BCUT2D eigenvalue weighted by Crippen LogP contribution is -2.48. The zero-order valence-electron chi connectivity index (χ0n) is 13.1. The summed E-state index contributed by atoms with van der Waals surface area (Å²) in [6.07, 6.45) is 1.86. The molecule has 1 aliphatic rings. The number of hydrogen-bond donors (Lipinski definition) is 0. The highest BCUT2D eigenvalue weighted by molar-refractivity contribution is 7.89. The quantitative estimate of drug-likeness (QED) is 0.800. The zero-order chi connectivity index (χ0) is 15.6. The molecule has 1 aromatic rings. The van der Waals surface area contributed by atoms with Gasteiger partial charge in [0.2, 0.25) is 10.0 Å². The molecule has 21 heavy (non-hydrogen) atoms. The molecule has 0 aliphatic carbocycles.